The minimum absolute atomic E-state index is 0.236. The molecule has 0 radical (unpaired) electrons. The van der Waals surface area contributed by atoms with Gasteiger partial charge in [-0.15, -0.1) is 10.2 Å². The van der Waals surface area contributed by atoms with Crippen LogP contribution in [0.15, 0.2) is 28.6 Å². The Hall–Kier alpha value is -1.60. The molecule has 0 spiro atoms. The van der Waals surface area contributed by atoms with Crippen molar-refractivity contribution in [3.63, 3.8) is 0 Å². The number of benzene rings is 1. The summed E-state index contributed by atoms with van der Waals surface area (Å²) in [6, 6.07) is 7.16. The Morgan fingerprint density at radius 2 is 2.14 bits per heavy atom. The molecule has 2 aromatic rings. The summed E-state index contributed by atoms with van der Waals surface area (Å²) < 4.78 is 6.33. The van der Waals surface area contributed by atoms with Crippen molar-refractivity contribution in [1.82, 2.24) is 10.2 Å². The standard InChI is InChI=1S/C15H19N3O2S2/c1-4-10(3)21-15-18-17-14(22-15)16-13(19)11-8-6-7-9-12(11)20-5-2/h6-10H,4-5H2,1-3H3,(H,16,17,19)/t10-/m1/s1. The van der Waals surface area contributed by atoms with Crippen molar-refractivity contribution in [1.29, 1.82) is 0 Å². The normalized spacial score (nSPS) is 12.0. The number of amides is 1. The quantitative estimate of drug-likeness (QED) is 0.609. The molecule has 5 nitrogen and oxygen atoms in total. The van der Waals surface area contributed by atoms with Crippen molar-refractivity contribution in [3.8, 4) is 5.75 Å². The highest BCUT2D eigenvalue weighted by molar-refractivity contribution is 8.01. The third-order valence-electron chi connectivity index (χ3n) is 2.94. The number of hydrogen-bond donors (Lipinski definition) is 1. The second-order valence-corrected chi connectivity index (χ2v) is 7.26. The monoisotopic (exact) mass is 337 g/mol. The van der Waals surface area contributed by atoms with Gasteiger partial charge in [-0.1, -0.05) is 49.1 Å². The Kier molecular flexibility index (Phi) is 6.21. The van der Waals surface area contributed by atoms with Crippen molar-refractivity contribution in [2.75, 3.05) is 11.9 Å². The predicted octanol–water partition coefficient (Wildman–Crippen LogP) is 4.08. The third-order valence-corrected chi connectivity index (χ3v) is 5.13. The molecule has 1 N–H and O–H groups in total. The molecule has 118 valence electrons. The molecule has 0 aliphatic rings. The zero-order valence-corrected chi connectivity index (χ0v) is 14.5. The summed E-state index contributed by atoms with van der Waals surface area (Å²) in [6.45, 7) is 6.67. The van der Waals surface area contributed by atoms with E-state index in [1.807, 2.05) is 19.1 Å². The lowest BCUT2D eigenvalue weighted by molar-refractivity contribution is 0.102. The van der Waals surface area contributed by atoms with E-state index < -0.39 is 0 Å². The summed E-state index contributed by atoms with van der Waals surface area (Å²) in [5.74, 6) is 0.335. The Morgan fingerprint density at radius 1 is 1.36 bits per heavy atom. The van der Waals surface area contributed by atoms with E-state index in [4.69, 9.17) is 4.74 Å². The average Bonchev–Trinajstić information content (AvgIpc) is 2.95. The van der Waals surface area contributed by atoms with Crippen molar-refractivity contribution >= 4 is 34.1 Å². The van der Waals surface area contributed by atoms with Crippen LogP contribution in [0.1, 0.15) is 37.6 Å². The van der Waals surface area contributed by atoms with Crippen LogP contribution in [0, 0.1) is 0 Å². The number of aromatic nitrogens is 2. The number of anilines is 1. The topological polar surface area (TPSA) is 64.1 Å². The maximum absolute atomic E-state index is 12.3. The van der Waals surface area contributed by atoms with Gasteiger partial charge in [-0.2, -0.15) is 0 Å². The molecule has 0 bridgehead atoms. The molecule has 0 unspecified atom stereocenters. The van der Waals surface area contributed by atoms with Crippen LogP contribution in [-0.2, 0) is 0 Å². The average molecular weight is 337 g/mol. The number of hydrogen-bond acceptors (Lipinski definition) is 6. The van der Waals surface area contributed by atoms with Crippen LogP contribution in [0.25, 0.3) is 0 Å². The number of rotatable bonds is 7. The molecule has 2 rings (SSSR count). The number of para-hydroxylation sites is 1. The number of thioether (sulfide) groups is 1. The molecule has 0 aliphatic carbocycles. The second kappa shape index (κ2) is 8.14. The molecular formula is C15H19N3O2S2. The van der Waals surface area contributed by atoms with E-state index in [1.165, 1.54) is 11.3 Å². The van der Waals surface area contributed by atoms with E-state index in [9.17, 15) is 4.79 Å². The van der Waals surface area contributed by atoms with Crippen LogP contribution in [-0.4, -0.2) is 28.0 Å². The smallest absolute Gasteiger partial charge is 0.261 e. The lowest BCUT2D eigenvalue weighted by Gasteiger charge is -2.08. The van der Waals surface area contributed by atoms with Crippen LogP contribution in [0.5, 0.6) is 5.75 Å². The van der Waals surface area contributed by atoms with Crippen LogP contribution >= 0.6 is 23.1 Å². The maximum Gasteiger partial charge on any atom is 0.261 e. The maximum atomic E-state index is 12.3. The van der Waals surface area contributed by atoms with Gasteiger partial charge in [-0.3, -0.25) is 10.1 Å². The summed E-state index contributed by atoms with van der Waals surface area (Å²) in [5, 5.41) is 11.9. The highest BCUT2D eigenvalue weighted by Gasteiger charge is 2.15. The zero-order valence-electron chi connectivity index (χ0n) is 12.8. The number of carbonyl (C=O) groups excluding carboxylic acids is 1. The van der Waals surface area contributed by atoms with Crippen molar-refractivity contribution in [2.45, 2.75) is 36.8 Å². The van der Waals surface area contributed by atoms with Crippen molar-refractivity contribution in [2.24, 2.45) is 0 Å². The molecule has 1 aromatic heterocycles. The minimum Gasteiger partial charge on any atom is -0.493 e. The zero-order chi connectivity index (χ0) is 15.9. The van der Waals surface area contributed by atoms with Gasteiger partial charge in [-0.25, -0.2) is 0 Å². The molecule has 0 saturated carbocycles. The lowest BCUT2D eigenvalue weighted by atomic mass is 10.2. The van der Waals surface area contributed by atoms with E-state index in [1.54, 1.807) is 23.9 Å². The first-order valence-corrected chi connectivity index (χ1v) is 8.87. The molecule has 0 saturated heterocycles. The van der Waals surface area contributed by atoms with E-state index >= 15 is 0 Å². The first kappa shape index (κ1) is 16.8. The second-order valence-electron chi connectivity index (χ2n) is 4.59. The van der Waals surface area contributed by atoms with Crippen molar-refractivity contribution in [3.05, 3.63) is 29.8 Å². The van der Waals surface area contributed by atoms with E-state index in [2.05, 4.69) is 29.4 Å². The highest BCUT2D eigenvalue weighted by Crippen LogP contribution is 2.30. The van der Waals surface area contributed by atoms with E-state index in [0.717, 1.165) is 10.8 Å². The summed E-state index contributed by atoms with van der Waals surface area (Å²) in [4.78, 5) is 12.3. The Balaban J connectivity index is 2.06. The van der Waals surface area contributed by atoms with Gasteiger partial charge < -0.3 is 4.74 Å². The van der Waals surface area contributed by atoms with Crippen molar-refractivity contribution < 1.29 is 9.53 Å². The van der Waals surface area contributed by atoms with Gasteiger partial charge in [0.05, 0.1) is 12.2 Å². The van der Waals surface area contributed by atoms with Crippen LogP contribution < -0.4 is 10.1 Å². The Morgan fingerprint density at radius 3 is 2.86 bits per heavy atom. The Bertz CT molecular complexity index is 631. The fourth-order valence-electron chi connectivity index (χ4n) is 1.66. The summed E-state index contributed by atoms with van der Waals surface area (Å²) >= 11 is 3.05. The molecular weight excluding hydrogens is 318 g/mol. The van der Waals surface area contributed by atoms with Crippen LogP contribution in [0.3, 0.4) is 0 Å². The first-order valence-electron chi connectivity index (χ1n) is 7.17. The number of nitrogens with zero attached hydrogens (tertiary/aromatic N) is 2. The fraction of sp³-hybridized carbons (Fsp3) is 0.400. The highest BCUT2D eigenvalue weighted by atomic mass is 32.2. The lowest BCUT2D eigenvalue weighted by Crippen LogP contribution is -2.13. The SMILES string of the molecule is CCOc1ccccc1C(=O)Nc1nnc(S[C@H](C)CC)s1. The van der Waals surface area contributed by atoms with Gasteiger partial charge in [0.25, 0.3) is 5.91 Å². The minimum atomic E-state index is -0.236. The molecule has 1 heterocycles. The molecule has 0 fully saturated rings. The molecule has 7 heteroatoms. The van der Waals surface area contributed by atoms with Gasteiger partial charge in [0, 0.05) is 5.25 Å². The van der Waals surface area contributed by atoms with E-state index in [0.29, 0.717) is 28.3 Å². The van der Waals surface area contributed by atoms with Gasteiger partial charge >= 0.3 is 0 Å². The molecule has 1 amide bonds. The number of carbonyl (C=O) groups is 1. The Labute approximate surface area is 138 Å². The molecule has 1 atom stereocenters. The van der Waals surface area contributed by atoms with Crippen LogP contribution in [0.4, 0.5) is 5.13 Å². The predicted molar refractivity (Wildman–Crippen MR) is 91.1 cm³/mol. The largest absolute Gasteiger partial charge is 0.493 e. The number of ether oxygens (including phenoxy) is 1. The summed E-state index contributed by atoms with van der Waals surface area (Å²) in [6.07, 6.45) is 1.06. The fourth-order valence-corrected chi connectivity index (χ4v) is 3.66. The van der Waals surface area contributed by atoms with Gasteiger partial charge in [0.15, 0.2) is 4.34 Å². The summed E-state index contributed by atoms with van der Waals surface area (Å²) in [5.41, 5.74) is 0.496. The van der Waals surface area contributed by atoms with E-state index in [-0.39, 0.29) is 5.91 Å². The number of nitrogens with one attached hydrogen (secondary N) is 1. The molecule has 0 aliphatic heterocycles. The first-order chi connectivity index (χ1) is 10.6. The van der Waals surface area contributed by atoms with Gasteiger partial charge in [0.2, 0.25) is 5.13 Å². The van der Waals surface area contributed by atoms with Crippen LogP contribution in [0.2, 0.25) is 0 Å². The molecule has 1 aromatic carbocycles. The van der Waals surface area contributed by atoms with Gasteiger partial charge in [0.1, 0.15) is 5.75 Å². The molecule has 22 heavy (non-hydrogen) atoms. The summed E-state index contributed by atoms with van der Waals surface area (Å²) in [7, 11) is 0. The van der Waals surface area contributed by atoms with Gasteiger partial charge in [-0.05, 0) is 25.5 Å². The third kappa shape index (κ3) is 4.45.